The Labute approximate surface area is 181 Å². The Morgan fingerprint density at radius 3 is 2.31 bits per heavy atom. The van der Waals surface area contributed by atoms with Crippen LogP contribution in [0.2, 0.25) is 0 Å². The predicted molar refractivity (Wildman–Crippen MR) is 107 cm³/mol. The van der Waals surface area contributed by atoms with E-state index in [0.29, 0.717) is 5.56 Å². The van der Waals surface area contributed by atoms with Crippen molar-refractivity contribution in [2.45, 2.75) is 36.8 Å². The van der Waals surface area contributed by atoms with Crippen LogP contribution in [-0.2, 0) is 9.47 Å². The predicted octanol–water partition coefficient (Wildman–Crippen LogP) is -0.337. The van der Waals surface area contributed by atoms with Crippen LogP contribution in [0.25, 0.3) is 6.08 Å². The van der Waals surface area contributed by atoms with Crippen LogP contribution in [0.15, 0.2) is 36.1 Å². The van der Waals surface area contributed by atoms with Gasteiger partial charge >= 0.3 is 0 Å². The van der Waals surface area contributed by atoms with E-state index in [0.717, 1.165) is 6.07 Å². The van der Waals surface area contributed by atoms with Crippen molar-refractivity contribution < 1.29 is 55.1 Å². The van der Waals surface area contributed by atoms with Gasteiger partial charge < -0.3 is 55.1 Å². The molecule has 1 fully saturated rings. The van der Waals surface area contributed by atoms with Crippen LogP contribution in [0, 0.1) is 0 Å². The van der Waals surface area contributed by atoms with E-state index in [9.17, 15) is 40.9 Å². The summed E-state index contributed by atoms with van der Waals surface area (Å²) in [6.07, 6.45) is -7.22. The normalized spacial score (nSPS) is 29.6. The molecule has 1 saturated heterocycles. The lowest BCUT2D eigenvalue weighted by Crippen LogP contribution is -2.59. The fraction of sp³-hybridized carbons (Fsp3) is 0.333. The molecule has 0 bridgehead atoms. The summed E-state index contributed by atoms with van der Waals surface area (Å²) in [5, 5.41) is 79.3. The molecule has 1 unspecified atom stereocenters. The molecule has 2 aliphatic heterocycles. The lowest BCUT2D eigenvalue weighted by molar-refractivity contribution is -0.295. The third kappa shape index (κ3) is 3.87. The summed E-state index contributed by atoms with van der Waals surface area (Å²) in [5.74, 6) is -1.08. The number of fused-ring (bicyclic) bond motifs is 1. The first-order chi connectivity index (χ1) is 15.2. The minimum atomic E-state index is -1.68. The van der Waals surface area contributed by atoms with Gasteiger partial charge in [-0.05, 0) is 18.2 Å². The van der Waals surface area contributed by atoms with Gasteiger partial charge in [0, 0.05) is 12.1 Å². The number of benzene rings is 2. The van der Waals surface area contributed by atoms with Gasteiger partial charge in [-0.15, -0.1) is 0 Å². The number of aromatic hydroxyl groups is 5. The Morgan fingerprint density at radius 1 is 0.875 bits per heavy atom. The molecule has 0 radical (unpaired) electrons. The highest BCUT2D eigenvalue weighted by Crippen LogP contribution is 2.46. The van der Waals surface area contributed by atoms with Crippen molar-refractivity contribution in [1.82, 2.24) is 0 Å². The molecule has 172 valence electrons. The van der Waals surface area contributed by atoms with E-state index in [4.69, 9.17) is 9.47 Å². The van der Waals surface area contributed by atoms with Crippen LogP contribution in [-0.4, -0.2) is 82.9 Å². The summed E-state index contributed by atoms with van der Waals surface area (Å²) >= 11 is 0. The molecule has 0 amide bonds. The van der Waals surface area contributed by atoms with Gasteiger partial charge in [0.1, 0.15) is 41.5 Å². The summed E-state index contributed by atoms with van der Waals surface area (Å²) in [6.45, 7) is -0.646. The molecule has 11 heteroatoms. The van der Waals surface area contributed by atoms with Crippen LogP contribution >= 0.6 is 0 Å². The first-order valence-electron chi connectivity index (χ1n) is 9.67. The van der Waals surface area contributed by atoms with Crippen molar-refractivity contribution >= 4 is 6.08 Å². The van der Waals surface area contributed by atoms with Gasteiger partial charge in [-0.25, -0.2) is 0 Å². The van der Waals surface area contributed by atoms with Crippen molar-refractivity contribution in [2.75, 3.05) is 6.61 Å². The minimum Gasteiger partial charge on any atom is -0.571 e. The summed E-state index contributed by atoms with van der Waals surface area (Å²) < 4.78 is 15.6. The third-order valence-electron chi connectivity index (χ3n) is 5.36. The van der Waals surface area contributed by atoms with Gasteiger partial charge in [-0.2, -0.15) is 0 Å². The molecule has 2 aliphatic rings. The average Bonchev–Trinajstić information content (AvgIpc) is 2.76. The summed E-state index contributed by atoms with van der Waals surface area (Å²) in [5.41, 5.74) is 0.547. The highest BCUT2D eigenvalue weighted by Gasteiger charge is 2.46. The van der Waals surface area contributed by atoms with Crippen molar-refractivity contribution in [2.24, 2.45) is 0 Å². The van der Waals surface area contributed by atoms with Crippen molar-refractivity contribution in [3.8, 4) is 28.7 Å². The van der Waals surface area contributed by atoms with Gasteiger partial charge in [0.2, 0.25) is 6.29 Å². The first-order valence-corrected chi connectivity index (χ1v) is 9.67. The van der Waals surface area contributed by atoms with Crippen LogP contribution < -0.4 is 0 Å². The van der Waals surface area contributed by atoms with Crippen molar-refractivity contribution in [1.29, 1.82) is 0 Å². The monoisotopic (exact) mass is 451 g/mol. The molecule has 0 saturated carbocycles. The zero-order chi connectivity index (χ0) is 23.2. The van der Waals surface area contributed by atoms with Gasteiger partial charge in [-0.3, -0.25) is 0 Å². The maximum atomic E-state index is 10.3. The molecule has 9 N–H and O–H groups in total. The fourth-order valence-corrected chi connectivity index (χ4v) is 3.63. The molecular formula is C21H23O11+. The average molecular weight is 451 g/mol. The Hall–Kier alpha value is -3.22. The second-order valence-corrected chi connectivity index (χ2v) is 7.54. The van der Waals surface area contributed by atoms with E-state index in [2.05, 4.69) is 4.74 Å². The van der Waals surface area contributed by atoms with Crippen molar-refractivity contribution in [3.05, 3.63) is 47.2 Å². The smallest absolute Gasteiger partial charge is 0.270 e. The third-order valence-corrected chi connectivity index (χ3v) is 5.36. The lowest BCUT2D eigenvalue weighted by atomic mass is 9.98. The number of phenols is 4. The molecule has 2 aromatic rings. The molecule has 4 rings (SSSR count). The Bertz CT molecular complexity index is 1030. The number of phenolic OH excluding ortho intramolecular Hbond substituents is 4. The minimum absolute atomic E-state index is 0.0212. The number of hydrogen-bond donors (Lipinski definition) is 8. The number of hydrogen-bond acceptors (Lipinski definition) is 10. The molecule has 32 heavy (non-hydrogen) atoms. The summed E-state index contributed by atoms with van der Waals surface area (Å²) in [4.78, 5) is 0. The second kappa shape index (κ2) is 8.37. The Balaban J connectivity index is 1.74. The Morgan fingerprint density at radius 2 is 1.62 bits per heavy atom. The van der Waals surface area contributed by atoms with Gasteiger partial charge in [0.25, 0.3) is 11.9 Å². The number of aliphatic hydroxyl groups excluding tert-OH is 4. The molecule has 2 aromatic carbocycles. The van der Waals surface area contributed by atoms with Gasteiger partial charge in [0.05, 0.1) is 18.2 Å². The van der Waals surface area contributed by atoms with E-state index in [1.165, 1.54) is 30.3 Å². The maximum absolute atomic E-state index is 10.3. The molecule has 0 spiro atoms. The van der Waals surface area contributed by atoms with Crippen molar-refractivity contribution in [3.63, 3.8) is 0 Å². The van der Waals surface area contributed by atoms with Crippen LogP contribution in [0.5, 0.6) is 28.7 Å². The van der Waals surface area contributed by atoms with Gasteiger partial charge in [-0.1, -0.05) is 0 Å². The number of ether oxygens (including phenoxy) is 3. The molecular weight excluding hydrogens is 428 g/mol. The zero-order valence-electron chi connectivity index (χ0n) is 16.5. The van der Waals surface area contributed by atoms with E-state index >= 15 is 0 Å². The highest BCUT2D eigenvalue weighted by molar-refractivity contribution is 5.69. The molecule has 0 aromatic heterocycles. The lowest BCUT2D eigenvalue weighted by Gasteiger charge is -2.40. The molecule has 6 atom stereocenters. The molecule has 11 nitrogen and oxygen atoms in total. The molecule has 2 heterocycles. The van der Waals surface area contributed by atoms with Crippen LogP contribution in [0.3, 0.4) is 0 Å². The fourth-order valence-electron chi connectivity index (χ4n) is 3.63. The highest BCUT2D eigenvalue weighted by atomic mass is 16.7. The largest absolute Gasteiger partial charge is 0.571 e. The number of rotatable bonds is 4. The SMILES string of the molecule is OC[C@H]1O[C@H](OC2=Cc3c(O)cc(O)cc3[OH+]C2c2ccc(O)c(O)c2)[C@H](O)[C@H](O)[C@H]1O. The quantitative estimate of drug-likeness (QED) is 0.225. The van der Waals surface area contributed by atoms with Gasteiger partial charge in [0.15, 0.2) is 17.3 Å². The van der Waals surface area contributed by atoms with Crippen LogP contribution in [0.1, 0.15) is 17.2 Å². The number of aliphatic hydroxyl groups is 5. The zero-order valence-corrected chi connectivity index (χ0v) is 16.5. The summed E-state index contributed by atoms with van der Waals surface area (Å²) in [7, 11) is 0. The first kappa shape index (κ1) is 22.0. The van der Waals surface area contributed by atoms with E-state index in [1.807, 2.05) is 0 Å². The topological polar surface area (TPSA) is 193 Å². The standard InChI is InChI=1S/C21H22O11/c22-7-16-17(27)18(28)19(29)21(32-16)31-15-6-10-12(25)4-9(23)5-14(10)30-20(15)8-1-2-11(24)13(26)3-8/h1-6,16-29H,7H2/p+1/t16-,17+,18-,19-,20?,21+/m1/s1. The maximum Gasteiger partial charge on any atom is 0.270 e. The Kier molecular flexibility index (Phi) is 5.75. The molecule has 0 aliphatic carbocycles. The van der Waals surface area contributed by atoms with E-state index in [-0.39, 0.29) is 34.3 Å². The summed E-state index contributed by atoms with van der Waals surface area (Å²) in [6, 6.07) is 6.34. The van der Waals surface area contributed by atoms with Crippen LogP contribution in [0.4, 0.5) is 0 Å². The second-order valence-electron chi connectivity index (χ2n) is 7.54. The van der Waals surface area contributed by atoms with E-state index in [1.54, 1.807) is 0 Å². The van der Waals surface area contributed by atoms with E-state index < -0.39 is 49.2 Å².